The molecule has 1 N–H and O–H groups in total. The van der Waals surface area contributed by atoms with E-state index in [0.29, 0.717) is 5.92 Å². The Kier molecular flexibility index (Phi) is 9.19. The van der Waals surface area contributed by atoms with Crippen molar-refractivity contribution in [1.82, 2.24) is 29.8 Å². The standard InChI is InChI=1S/C20H35N7O.HI/c1-21-20(27-12-8-16(15-27)17-13-23-25(4)14-17)22-9-6-11-26-10-5-7-18(26)19(28)24(2)3;/h13-14,16,18H,5-12,15H2,1-4H3,(H,21,22);1H. The smallest absolute Gasteiger partial charge is 0.239 e. The van der Waals surface area contributed by atoms with Gasteiger partial charge in [-0.15, -0.1) is 24.0 Å². The van der Waals surface area contributed by atoms with Crippen molar-refractivity contribution in [3.63, 3.8) is 0 Å². The monoisotopic (exact) mass is 517 g/mol. The van der Waals surface area contributed by atoms with Crippen LogP contribution in [-0.4, -0.2) is 96.3 Å². The Bertz CT molecular complexity index is 690. The molecular weight excluding hydrogens is 481 g/mol. The van der Waals surface area contributed by atoms with Gasteiger partial charge in [0.1, 0.15) is 0 Å². The van der Waals surface area contributed by atoms with Crippen LogP contribution < -0.4 is 5.32 Å². The highest BCUT2D eigenvalue weighted by atomic mass is 127. The first-order valence-electron chi connectivity index (χ1n) is 10.4. The van der Waals surface area contributed by atoms with Crippen LogP contribution in [0.2, 0.25) is 0 Å². The van der Waals surface area contributed by atoms with Gasteiger partial charge in [0, 0.05) is 66.5 Å². The highest BCUT2D eigenvalue weighted by Crippen LogP contribution is 2.26. The summed E-state index contributed by atoms with van der Waals surface area (Å²) in [7, 11) is 7.51. The average molecular weight is 517 g/mol. The number of aryl methyl sites for hydroxylation is 1. The summed E-state index contributed by atoms with van der Waals surface area (Å²) in [6.07, 6.45) is 8.33. The van der Waals surface area contributed by atoms with Crippen molar-refractivity contribution in [3.05, 3.63) is 18.0 Å². The molecule has 1 aromatic heterocycles. The largest absolute Gasteiger partial charge is 0.356 e. The molecule has 1 amide bonds. The lowest BCUT2D eigenvalue weighted by molar-refractivity contribution is -0.133. The molecule has 3 heterocycles. The number of hydrogen-bond acceptors (Lipinski definition) is 4. The zero-order chi connectivity index (χ0) is 20.1. The molecule has 164 valence electrons. The lowest BCUT2D eigenvalue weighted by Crippen LogP contribution is -2.44. The van der Waals surface area contributed by atoms with Crippen molar-refractivity contribution in [2.75, 3.05) is 53.9 Å². The van der Waals surface area contributed by atoms with Crippen LogP contribution in [0, 0.1) is 0 Å². The zero-order valence-electron chi connectivity index (χ0n) is 18.2. The molecule has 0 bridgehead atoms. The summed E-state index contributed by atoms with van der Waals surface area (Å²) in [6, 6.07) is 0.0631. The van der Waals surface area contributed by atoms with Crippen LogP contribution in [0.25, 0.3) is 0 Å². The Morgan fingerprint density at radius 1 is 1.34 bits per heavy atom. The number of rotatable bonds is 6. The Morgan fingerprint density at radius 2 is 2.14 bits per heavy atom. The van der Waals surface area contributed by atoms with Crippen LogP contribution in [0.4, 0.5) is 0 Å². The lowest BCUT2D eigenvalue weighted by Gasteiger charge is -2.26. The predicted molar refractivity (Wildman–Crippen MR) is 127 cm³/mol. The molecule has 2 atom stereocenters. The van der Waals surface area contributed by atoms with Crippen molar-refractivity contribution in [3.8, 4) is 0 Å². The third-order valence-corrected chi connectivity index (χ3v) is 5.89. The van der Waals surface area contributed by atoms with Gasteiger partial charge in [0.05, 0.1) is 12.2 Å². The fraction of sp³-hybridized carbons (Fsp3) is 0.750. The second-order valence-corrected chi connectivity index (χ2v) is 8.13. The van der Waals surface area contributed by atoms with E-state index in [1.165, 1.54) is 5.56 Å². The number of halogens is 1. The summed E-state index contributed by atoms with van der Waals surface area (Å²) in [5.41, 5.74) is 1.31. The summed E-state index contributed by atoms with van der Waals surface area (Å²) >= 11 is 0. The average Bonchev–Trinajstić information content (AvgIpc) is 3.41. The molecule has 9 heteroatoms. The van der Waals surface area contributed by atoms with E-state index in [1.807, 2.05) is 39.1 Å². The van der Waals surface area contributed by atoms with Crippen molar-refractivity contribution >= 4 is 35.8 Å². The number of nitrogens with one attached hydrogen (secondary N) is 1. The second kappa shape index (κ2) is 11.1. The summed E-state index contributed by atoms with van der Waals surface area (Å²) < 4.78 is 1.87. The molecule has 2 aliphatic heterocycles. The quantitative estimate of drug-likeness (QED) is 0.267. The molecule has 2 saturated heterocycles. The third kappa shape index (κ3) is 6.07. The molecule has 0 radical (unpaired) electrons. The zero-order valence-corrected chi connectivity index (χ0v) is 20.5. The minimum absolute atomic E-state index is 0. The molecule has 0 aromatic carbocycles. The van der Waals surface area contributed by atoms with E-state index in [0.717, 1.165) is 64.4 Å². The maximum Gasteiger partial charge on any atom is 0.239 e. The van der Waals surface area contributed by atoms with Crippen LogP contribution in [0.3, 0.4) is 0 Å². The van der Waals surface area contributed by atoms with Gasteiger partial charge in [-0.05, 0) is 37.8 Å². The molecule has 8 nitrogen and oxygen atoms in total. The van der Waals surface area contributed by atoms with Gasteiger partial charge in [-0.3, -0.25) is 19.4 Å². The van der Waals surface area contributed by atoms with Crippen LogP contribution >= 0.6 is 24.0 Å². The minimum Gasteiger partial charge on any atom is -0.356 e. The normalized spacial score (nSPS) is 22.6. The number of nitrogens with zero attached hydrogens (tertiary/aromatic N) is 6. The van der Waals surface area contributed by atoms with E-state index in [-0.39, 0.29) is 35.9 Å². The second-order valence-electron chi connectivity index (χ2n) is 8.13. The topological polar surface area (TPSA) is 69.0 Å². The summed E-state index contributed by atoms with van der Waals surface area (Å²) in [4.78, 5) is 23.2. The third-order valence-electron chi connectivity index (χ3n) is 5.89. The van der Waals surface area contributed by atoms with Crippen molar-refractivity contribution in [2.24, 2.45) is 12.0 Å². The molecule has 2 aliphatic rings. The highest BCUT2D eigenvalue weighted by molar-refractivity contribution is 14.0. The Morgan fingerprint density at radius 3 is 2.79 bits per heavy atom. The predicted octanol–water partition coefficient (Wildman–Crippen LogP) is 1.35. The lowest BCUT2D eigenvalue weighted by atomic mass is 10.0. The number of carbonyl (C=O) groups excluding carboxylic acids is 1. The highest BCUT2D eigenvalue weighted by Gasteiger charge is 2.31. The molecule has 0 aliphatic carbocycles. The van der Waals surface area contributed by atoms with Crippen LogP contribution in [0.5, 0.6) is 0 Å². The van der Waals surface area contributed by atoms with Crippen LogP contribution in [0.1, 0.15) is 37.2 Å². The maximum atomic E-state index is 12.3. The summed E-state index contributed by atoms with van der Waals surface area (Å²) in [6.45, 7) is 4.85. The fourth-order valence-corrected chi connectivity index (χ4v) is 4.36. The molecule has 0 saturated carbocycles. The van der Waals surface area contributed by atoms with Gasteiger partial charge >= 0.3 is 0 Å². The number of likely N-dealkylation sites (tertiary alicyclic amines) is 2. The van der Waals surface area contributed by atoms with Gasteiger partial charge in [-0.2, -0.15) is 5.10 Å². The SMILES string of the molecule is CN=C(NCCCN1CCCC1C(=O)N(C)C)N1CCC(c2cnn(C)c2)C1.I. The van der Waals surface area contributed by atoms with Crippen molar-refractivity contribution in [2.45, 2.75) is 37.6 Å². The fourth-order valence-electron chi connectivity index (χ4n) is 4.36. The Hall–Kier alpha value is -1.36. The number of amides is 1. The Labute approximate surface area is 191 Å². The first-order valence-corrected chi connectivity index (χ1v) is 10.4. The summed E-state index contributed by atoms with van der Waals surface area (Å²) in [5.74, 6) is 1.74. The van der Waals surface area contributed by atoms with Crippen LogP contribution in [-0.2, 0) is 11.8 Å². The number of carbonyl (C=O) groups is 1. The van der Waals surface area contributed by atoms with Gasteiger partial charge in [-0.1, -0.05) is 0 Å². The number of guanidine groups is 1. The van der Waals surface area contributed by atoms with Gasteiger partial charge in [0.15, 0.2) is 5.96 Å². The van der Waals surface area contributed by atoms with Crippen molar-refractivity contribution < 1.29 is 4.79 Å². The van der Waals surface area contributed by atoms with E-state index in [9.17, 15) is 4.79 Å². The van der Waals surface area contributed by atoms with Gasteiger partial charge in [0.2, 0.25) is 5.91 Å². The van der Waals surface area contributed by atoms with E-state index < -0.39 is 0 Å². The molecule has 2 unspecified atom stereocenters. The van der Waals surface area contributed by atoms with Gasteiger partial charge in [0.25, 0.3) is 0 Å². The van der Waals surface area contributed by atoms with E-state index in [2.05, 4.69) is 31.4 Å². The number of hydrogen-bond donors (Lipinski definition) is 1. The van der Waals surface area contributed by atoms with Crippen molar-refractivity contribution in [1.29, 1.82) is 0 Å². The first kappa shape index (κ1) is 23.9. The molecule has 1 aromatic rings. The number of aromatic nitrogens is 2. The van der Waals surface area contributed by atoms with E-state index in [4.69, 9.17) is 0 Å². The van der Waals surface area contributed by atoms with Crippen LogP contribution in [0.15, 0.2) is 17.4 Å². The minimum atomic E-state index is 0. The molecule has 3 rings (SSSR count). The molecular formula is C20H36IN7O. The van der Waals surface area contributed by atoms with E-state index >= 15 is 0 Å². The number of likely N-dealkylation sites (N-methyl/N-ethyl adjacent to an activating group) is 1. The summed E-state index contributed by atoms with van der Waals surface area (Å²) in [5, 5.41) is 7.81. The first-order chi connectivity index (χ1) is 13.5. The van der Waals surface area contributed by atoms with Gasteiger partial charge in [-0.25, -0.2) is 0 Å². The molecule has 0 spiro atoms. The van der Waals surface area contributed by atoms with E-state index in [1.54, 1.807) is 4.90 Å². The molecule has 2 fully saturated rings. The number of aliphatic imine (C=N–C) groups is 1. The molecule has 29 heavy (non-hydrogen) atoms. The van der Waals surface area contributed by atoms with Gasteiger partial charge < -0.3 is 15.1 Å². The Balaban J connectivity index is 0.00000300. The maximum absolute atomic E-state index is 12.3.